The average molecular weight is 361 g/mol. The normalized spacial score (nSPS) is 15.1. The summed E-state index contributed by atoms with van der Waals surface area (Å²) in [6, 6.07) is 13.5. The van der Waals surface area contributed by atoms with Gasteiger partial charge in [-0.25, -0.2) is 9.98 Å². The van der Waals surface area contributed by atoms with E-state index in [1.165, 1.54) is 0 Å². The molecule has 4 N–H and O–H groups in total. The Bertz CT molecular complexity index is 995. The molecule has 1 aromatic carbocycles. The van der Waals surface area contributed by atoms with Crippen molar-refractivity contribution in [1.82, 2.24) is 15.0 Å². The van der Waals surface area contributed by atoms with E-state index < -0.39 is 0 Å². The first-order valence-electron chi connectivity index (χ1n) is 8.67. The molecule has 0 saturated heterocycles. The van der Waals surface area contributed by atoms with Crippen molar-refractivity contribution in [3.63, 3.8) is 0 Å². The standard InChI is InChI=1S/C20H19N5O2/c26-10-8-16(13-5-2-1-3-6-13)23-20-24-17(19(27)25-20)11-14-12-22-18-15(14)7-4-9-21-18/h1-7,9,11-12,16,26-27H,8,10H2,(H2,23,24,25). The molecule has 0 saturated carbocycles. The Labute approximate surface area is 156 Å². The second-order valence-electron chi connectivity index (χ2n) is 6.18. The third kappa shape index (κ3) is 3.58. The number of aliphatic hydroxyl groups excluding tert-OH is 1. The lowest BCUT2D eigenvalue weighted by atomic mass is 10.0. The minimum absolute atomic E-state index is 0.0381. The molecule has 2 aromatic heterocycles. The maximum atomic E-state index is 10.2. The Morgan fingerprint density at radius 1 is 1.15 bits per heavy atom. The lowest BCUT2D eigenvalue weighted by Gasteiger charge is -2.17. The third-order valence-electron chi connectivity index (χ3n) is 4.37. The van der Waals surface area contributed by atoms with E-state index in [4.69, 9.17) is 0 Å². The van der Waals surface area contributed by atoms with Crippen molar-refractivity contribution in [1.29, 1.82) is 0 Å². The van der Waals surface area contributed by atoms with Gasteiger partial charge in [-0.1, -0.05) is 30.3 Å². The minimum atomic E-state index is -0.125. The van der Waals surface area contributed by atoms with Crippen molar-refractivity contribution >= 4 is 29.6 Å². The van der Waals surface area contributed by atoms with Gasteiger partial charge in [0.2, 0.25) is 11.8 Å². The summed E-state index contributed by atoms with van der Waals surface area (Å²) in [6.07, 6.45) is 5.71. The number of fused-ring (bicyclic) bond motifs is 1. The summed E-state index contributed by atoms with van der Waals surface area (Å²) >= 11 is 0. The molecule has 1 unspecified atom stereocenters. The molecule has 0 aliphatic carbocycles. The number of anilines is 1. The van der Waals surface area contributed by atoms with Crippen LogP contribution < -0.4 is 5.32 Å². The number of allylic oxidation sites excluding steroid dienone is 1. The SMILES string of the molecule is OCCC(Nc1nc(O)c(C=C2C=Nc3ncccc32)[nH]1)c1ccccc1. The maximum Gasteiger partial charge on any atom is 0.238 e. The van der Waals surface area contributed by atoms with E-state index in [9.17, 15) is 10.2 Å². The number of aromatic amines is 1. The Kier molecular flexibility index (Phi) is 4.67. The Balaban J connectivity index is 1.59. The van der Waals surface area contributed by atoms with Crippen LogP contribution in [0.3, 0.4) is 0 Å². The van der Waals surface area contributed by atoms with E-state index in [1.807, 2.05) is 42.5 Å². The number of benzene rings is 1. The van der Waals surface area contributed by atoms with Gasteiger partial charge in [-0.15, -0.1) is 0 Å². The lowest BCUT2D eigenvalue weighted by Crippen LogP contribution is -2.13. The monoisotopic (exact) mass is 361 g/mol. The summed E-state index contributed by atoms with van der Waals surface area (Å²) in [5.41, 5.74) is 3.26. The maximum absolute atomic E-state index is 10.2. The number of aliphatic hydroxyl groups is 1. The number of pyridine rings is 1. The van der Waals surface area contributed by atoms with Crippen LogP contribution in [-0.2, 0) is 0 Å². The van der Waals surface area contributed by atoms with Crippen molar-refractivity contribution in [2.24, 2.45) is 4.99 Å². The van der Waals surface area contributed by atoms with Crippen molar-refractivity contribution < 1.29 is 10.2 Å². The third-order valence-corrected chi connectivity index (χ3v) is 4.37. The molecule has 27 heavy (non-hydrogen) atoms. The van der Waals surface area contributed by atoms with E-state index in [-0.39, 0.29) is 18.5 Å². The number of imidazole rings is 1. The molecule has 1 aliphatic rings. The molecule has 136 valence electrons. The van der Waals surface area contributed by atoms with Gasteiger partial charge in [0.1, 0.15) is 5.69 Å². The molecule has 0 bridgehead atoms. The second kappa shape index (κ2) is 7.43. The number of H-pyrrole nitrogens is 1. The Hall–Kier alpha value is -3.45. The minimum Gasteiger partial charge on any atom is -0.492 e. The van der Waals surface area contributed by atoms with Gasteiger partial charge in [-0.2, -0.15) is 4.98 Å². The summed E-state index contributed by atoms with van der Waals surface area (Å²) in [5, 5.41) is 22.8. The van der Waals surface area contributed by atoms with Crippen LogP contribution in [-0.4, -0.2) is 38.0 Å². The molecule has 3 aromatic rings. The van der Waals surface area contributed by atoms with Crippen LogP contribution in [0.4, 0.5) is 11.8 Å². The van der Waals surface area contributed by atoms with Crippen LogP contribution in [0.2, 0.25) is 0 Å². The van der Waals surface area contributed by atoms with Crippen molar-refractivity contribution in [3.8, 4) is 5.88 Å². The largest absolute Gasteiger partial charge is 0.492 e. The van der Waals surface area contributed by atoms with Gasteiger partial charge >= 0.3 is 0 Å². The molecule has 3 heterocycles. The highest BCUT2D eigenvalue weighted by atomic mass is 16.3. The van der Waals surface area contributed by atoms with E-state index >= 15 is 0 Å². The highest BCUT2D eigenvalue weighted by molar-refractivity contribution is 6.20. The summed E-state index contributed by atoms with van der Waals surface area (Å²) in [7, 11) is 0. The molecule has 1 atom stereocenters. The van der Waals surface area contributed by atoms with Crippen LogP contribution in [0.15, 0.2) is 53.7 Å². The zero-order chi connectivity index (χ0) is 18.6. The van der Waals surface area contributed by atoms with E-state index in [1.54, 1.807) is 18.5 Å². The Morgan fingerprint density at radius 2 is 2.00 bits per heavy atom. The quantitative estimate of drug-likeness (QED) is 0.539. The van der Waals surface area contributed by atoms with Crippen LogP contribution in [0.5, 0.6) is 5.88 Å². The summed E-state index contributed by atoms with van der Waals surface area (Å²) < 4.78 is 0. The van der Waals surface area contributed by atoms with Gasteiger partial charge in [0.15, 0.2) is 5.82 Å². The van der Waals surface area contributed by atoms with Gasteiger partial charge in [0.05, 0.1) is 6.04 Å². The average Bonchev–Trinajstić information content (AvgIpc) is 3.26. The number of aliphatic imine (C=N–C) groups is 1. The van der Waals surface area contributed by atoms with E-state index in [0.717, 1.165) is 16.7 Å². The predicted octanol–water partition coefficient (Wildman–Crippen LogP) is 3.30. The fourth-order valence-electron chi connectivity index (χ4n) is 3.04. The Morgan fingerprint density at radius 3 is 2.81 bits per heavy atom. The fraction of sp³-hybridized carbons (Fsp3) is 0.150. The van der Waals surface area contributed by atoms with Gasteiger partial charge in [0.25, 0.3) is 0 Å². The molecule has 0 spiro atoms. The molecule has 0 fully saturated rings. The van der Waals surface area contributed by atoms with E-state index in [0.29, 0.717) is 23.9 Å². The van der Waals surface area contributed by atoms with Crippen LogP contribution in [0.1, 0.15) is 29.3 Å². The number of aromatic hydroxyl groups is 1. The highest BCUT2D eigenvalue weighted by Gasteiger charge is 2.17. The zero-order valence-corrected chi connectivity index (χ0v) is 14.5. The smallest absolute Gasteiger partial charge is 0.238 e. The van der Waals surface area contributed by atoms with Gasteiger partial charge in [-0.05, 0) is 30.2 Å². The summed E-state index contributed by atoms with van der Waals surface area (Å²) in [6.45, 7) is 0.0381. The second-order valence-corrected chi connectivity index (χ2v) is 6.18. The molecule has 4 rings (SSSR count). The number of nitrogens with zero attached hydrogens (tertiary/aromatic N) is 3. The van der Waals surface area contributed by atoms with E-state index in [2.05, 4.69) is 25.3 Å². The molecular weight excluding hydrogens is 342 g/mol. The number of nitrogens with one attached hydrogen (secondary N) is 2. The van der Waals surface area contributed by atoms with Crippen LogP contribution in [0, 0.1) is 0 Å². The number of rotatable bonds is 6. The first-order chi connectivity index (χ1) is 13.2. The summed E-state index contributed by atoms with van der Waals surface area (Å²) in [5.74, 6) is 0.989. The van der Waals surface area contributed by atoms with Crippen LogP contribution >= 0.6 is 0 Å². The van der Waals surface area contributed by atoms with Gasteiger partial charge in [0, 0.05) is 30.2 Å². The first kappa shape index (κ1) is 17.0. The zero-order valence-electron chi connectivity index (χ0n) is 14.5. The van der Waals surface area contributed by atoms with Crippen LogP contribution in [0.25, 0.3) is 11.6 Å². The van der Waals surface area contributed by atoms with Gasteiger partial charge in [-0.3, -0.25) is 0 Å². The highest BCUT2D eigenvalue weighted by Crippen LogP contribution is 2.32. The fourth-order valence-corrected chi connectivity index (χ4v) is 3.04. The first-order valence-corrected chi connectivity index (χ1v) is 8.67. The molecular formula is C20H19N5O2. The molecule has 7 heteroatoms. The summed E-state index contributed by atoms with van der Waals surface area (Å²) in [4.78, 5) is 15.7. The molecule has 0 amide bonds. The number of hydrogen-bond acceptors (Lipinski definition) is 6. The molecule has 7 nitrogen and oxygen atoms in total. The topological polar surface area (TPSA) is 106 Å². The lowest BCUT2D eigenvalue weighted by molar-refractivity contribution is 0.280. The van der Waals surface area contributed by atoms with Crippen molar-refractivity contribution in [2.45, 2.75) is 12.5 Å². The van der Waals surface area contributed by atoms with Crippen molar-refractivity contribution in [2.75, 3.05) is 11.9 Å². The molecule has 0 radical (unpaired) electrons. The molecule has 1 aliphatic heterocycles. The van der Waals surface area contributed by atoms with Gasteiger partial charge < -0.3 is 20.5 Å². The van der Waals surface area contributed by atoms with Crippen molar-refractivity contribution in [3.05, 3.63) is 65.5 Å². The predicted molar refractivity (Wildman–Crippen MR) is 105 cm³/mol. The number of aromatic nitrogens is 3. The number of hydrogen-bond donors (Lipinski definition) is 4.